The van der Waals surface area contributed by atoms with Crippen LogP contribution in [0.2, 0.25) is 5.02 Å². The number of amides is 3. The van der Waals surface area contributed by atoms with E-state index in [0.29, 0.717) is 18.1 Å². The number of nitrogens with one attached hydrogen (secondary N) is 3. The zero-order valence-corrected chi connectivity index (χ0v) is 29.0. The molecule has 1 unspecified atom stereocenters. The van der Waals surface area contributed by atoms with Gasteiger partial charge in [0.05, 0.1) is 16.4 Å². The summed E-state index contributed by atoms with van der Waals surface area (Å²) in [5.74, 6) is -21.4. The largest absolute Gasteiger partial charge is 0.504 e. The lowest BCUT2D eigenvalue weighted by molar-refractivity contribution is -0.267. The van der Waals surface area contributed by atoms with Crippen molar-refractivity contribution in [3.63, 3.8) is 0 Å². The van der Waals surface area contributed by atoms with Crippen molar-refractivity contribution in [1.29, 1.82) is 0 Å². The van der Waals surface area contributed by atoms with Gasteiger partial charge < -0.3 is 25.8 Å². The first kappa shape index (κ1) is 43.2. The van der Waals surface area contributed by atoms with E-state index in [1.54, 1.807) is 12.1 Å². The minimum absolute atomic E-state index is 0.0728. The summed E-state index contributed by atoms with van der Waals surface area (Å²) in [4.78, 5) is 37.3. The summed E-state index contributed by atoms with van der Waals surface area (Å²) in [6.45, 7) is 13.4. The predicted octanol–water partition coefficient (Wildman–Crippen LogP) is 9.49. The molecular formula is C32H36ClF10N3O5. The number of rotatable bonds is 13. The molecule has 0 fully saturated rings. The highest BCUT2D eigenvalue weighted by molar-refractivity contribution is 6.35. The maximum absolute atomic E-state index is 13.8. The summed E-state index contributed by atoms with van der Waals surface area (Å²) in [5, 5.41) is 13.4. The molecule has 19 heteroatoms. The van der Waals surface area contributed by atoms with Crippen molar-refractivity contribution in [2.45, 2.75) is 109 Å². The Morgan fingerprint density at radius 2 is 1.22 bits per heavy atom. The second-order valence-electron chi connectivity index (χ2n) is 12.7. The fraction of sp³-hybridized carbons (Fsp3) is 0.531. The van der Waals surface area contributed by atoms with E-state index in [4.69, 9.17) is 16.3 Å². The van der Waals surface area contributed by atoms with Gasteiger partial charge in [0.1, 0.15) is 11.4 Å². The van der Waals surface area contributed by atoms with E-state index < -0.39 is 81.3 Å². The molecule has 0 aliphatic heterocycles. The topological polar surface area (TPSA) is 117 Å². The minimum Gasteiger partial charge on any atom is -0.504 e. The number of hydrogen-bond donors (Lipinski definition) is 4. The van der Waals surface area contributed by atoms with Gasteiger partial charge in [0.25, 0.3) is 5.91 Å². The fourth-order valence-electron chi connectivity index (χ4n) is 4.29. The first-order valence-electron chi connectivity index (χ1n) is 15.2. The Hall–Kier alpha value is -3.96. The first-order valence-corrected chi connectivity index (χ1v) is 15.6. The Morgan fingerprint density at radius 1 is 0.745 bits per heavy atom. The molecule has 4 N–H and O–H groups in total. The lowest BCUT2D eigenvalue weighted by atomic mass is 9.76. The molecule has 51 heavy (non-hydrogen) atoms. The average Bonchev–Trinajstić information content (AvgIpc) is 3.02. The molecule has 0 aliphatic rings. The van der Waals surface area contributed by atoms with Gasteiger partial charge in [-0.15, -0.1) is 0 Å². The summed E-state index contributed by atoms with van der Waals surface area (Å²) in [6, 6.07) is 5.81. The number of hydrogen-bond acceptors (Lipinski definition) is 5. The van der Waals surface area contributed by atoms with E-state index in [1.165, 1.54) is 6.92 Å². The normalized spacial score (nSPS) is 13.8. The second kappa shape index (κ2) is 14.9. The van der Waals surface area contributed by atoms with Gasteiger partial charge in [-0.2, -0.15) is 43.9 Å². The molecule has 0 spiro atoms. The summed E-state index contributed by atoms with van der Waals surface area (Å²) in [7, 11) is 0. The van der Waals surface area contributed by atoms with Crippen molar-refractivity contribution in [2.24, 2.45) is 0 Å². The number of anilines is 3. The number of alkyl halides is 10. The van der Waals surface area contributed by atoms with Crippen LogP contribution in [0.15, 0.2) is 24.3 Å². The third kappa shape index (κ3) is 9.10. The van der Waals surface area contributed by atoms with E-state index in [0.717, 1.165) is 22.6 Å². The molecule has 0 aliphatic carbocycles. The van der Waals surface area contributed by atoms with Gasteiger partial charge in [0.15, 0.2) is 11.9 Å². The van der Waals surface area contributed by atoms with Crippen molar-refractivity contribution in [3.8, 4) is 11.5 Å². The van der Waals surface area contributed by atoms with Gasteiger partial charge in [-0.25, -0.2) is 0 Å². The molecule has 0 radical (unpaired) electrons. The minimum atomic E-state index is -6.56. The molecule has 0 saturated carbocycles. The second-order valence-corrected chi connectivity index (χ2v) is 13.2. The number of benzene rings is 2. The molecule has 2 aromatic rings. The zero-order chi connectivity index (χ0) is 39.7. The number of aromatic hydroxyl groups is 1. The van der Waals surface area contributed by atoms with Crippen LogP contribution in [0.4, 0.5) is 61.0 Å². The Morgan fingerprint density at radius 3 is 1.65 bits per heavy atom. The number of ether oxygens (including phenoxy) is 1. The number of phenolic OH excluding ortho intramolecular Hbond substituents is 1. The fourth-order valence-corrected chi connectivity index (χ4v) is 4.54. The molecule has 0 saturated heterocycles. The highest BCUT2D eigenvalue weighted by Crippen LogP contribution is 2.47. The lowest BCUT2D eigenvalue weighted by Crippen LogP contribution is -2.48. The Bertz CT molecular complexity index is 1640. The number of carbonyl (C=O) groups is 3. The number of phenols is 1. The van der Waals surface area contributed by atoms with Crippen LogP contribution in [0.1, 0.15) is 78.9 Å². The Kier molecular flexibility index (Phi) is 12.7. The van der Waals surface area contributed by atoms with Crippen molar-refractivity contribution in [2.75, 3.05) is 16.0 Å². The van der Waals surface area contributed by atoms with Gasteiger partial charge in [0, 0.05) is 5.56 Å². The monoisotopic (exact) mass is 767 g/mol. The molecule has 2 aromatic carbocycles. The molecule has 2 rings (SSSR count). The third-order valence-electron chi connectivity index (χ3n) is 8.46. The maximum Gasteiger partial charge on any atom is 0.463 e. The summed E-state index contributed by atoms with van der Waals surface area (Å²) < 4.78 is 138. The summed E-state index contributed by atoms with van der Waals surface area (Å²) in [6.07, 6.45) is -13.1. The lowest BCUT2D eigenvalue weighted by Gasteiger charge is -2.31. The van der Waals surface area contributed by atoms with Gasteiger partial charge in [-0.05, 0) is 47.8 Å². The van der Waals surface area contributed by atoms with Crippen LogP contribution in [-0.4, -0.2) is 53.1 Å². The van der Waals surface area contributed by atoms with Crippen LogP contribution in [0.3, 0.4) is 0 Å². The van der Waals surface area contributed by atoms with Crippen LogP contribution in [0.25, 0.3) is 0 Å². The van der Waals surface area contributed by atoms with Crippen molar-refractivity contribution in [1.82, 2.24) is 0 Å². The average molecular weight is 768 g/mol. The van der Waals surface area contributed by atoms with Crippen LogP contribution in [0, 0.1) is 0 Å². The highest BCUT2D eigenvalue weighted by Gasteiger charge is 2.65. The van der Waals surface area contributed by atoms with Crippen LogP contribution >= 0.6 is 11.6 Å². The highest BCUT2D eigenvalue weighted by atomic mass is 35.5. The molecule has 3 amide bonds. The van der Waals surface area contributed by atoms with E-state index in [2.05, 4.69) is 5.32 Å². The third-order valence-corrected chi connectivity index (χ3v) is 8.76. The number of halogens is 11. The smallest absolute Gasteiger partial charge is 0.463 e. The zero-order valence-electron chi connectivity index (χ0n) is 28.2. The van der Waals surface area contributed by atoms with Crippen molar-refractivity contribution < 1.29 is 68.1 Å². The van der Waals surface area contributed by atoms with Gasteiger partial charge in [-0.3, -0.25) is 14.4 Å². The summed E-state index contributed by atoms with van der Waals surface area (Å²) in [5.41, 5.74) is -3.42. The molecule has 0 bridgehead atoms. The van der Waals surface area contributed by atoms with Gasteiger partial charge in [-0.1, -0.05) is 72.2 Å². The van der Waals surface area contributed by atoms with E-state index in [1.807, 2.05) is 47.6 Å². The van der Waals surface area contributed by atoms with E-state index in [9.17, 15) is 63.4 Å². The van der Waals surface area contributed by atoms with Gasteiger partial charge in [0.2, 0.25) is 0 Å². The number of carbonyl (C=O) groups excluding carboxylic acids is 3. The first-order chi connectivity index (χ1) is 23.0. The van der Waals surface area contributed by atoms with Crippen molar-refractivity contribution in [3.05, 3.63) is 40.4 Å². The van der Waals surface area contributed by atoms with Gasteiger partial charge >= 0.3 is 36.0 Å². The standard InChI is InChI=1S/C32H36ClF10N3O5/c1-8-19(51-20-12-11-15(27(4,5)9-2)13-16(20)28(6,7)10-3)24(48)44-18-14-17(33)21(45-25(49)29(34,35)31(38,39)40)22(23(18)47)46-26(50)30(36,37)32(41,42)43/h11-14,19,47H,8-10H2,1-7H3,(H,44,48)(H,45,49)(H,46,50). The molecule has 0 heterocycles. The molecule has 286 valence electrons. The van der Waals surface area contributed by atoms with E-state index >= 15 is 0 Å². The van der Waals surface area contributed by atoms with Crippen LogP contribution in [0.5, 0.6) is 11.5 Å². The molecule has 0 aromatic heterocycles. The predicted molar refractivity (Wildman–Crippen MR) is 169 cm³/mol. The molecular weight excluding hydrogens is 732 g/mol. The maximum atomic E-state index is 13.8. The summed E-state index contributed by atoms with van der Waals surface area (Å²) >= 11 is 5.88. The molecule has 8 nitrogen and oxygen atoms in total. The van der Waals surface area contributed by atoms with Crippen LogP contribution in [-0.2, 0) is 25.2 Å². The molecule has 1 atom stereocenters. The van der Waals surface area contributed by atoms with Crippen molar-refractivity contribution >= 4 is 46.4 Å². The SMILES string of the molecule is CCC(Oc1ccc(C(C)(C)CC)cc1C(C)(C)CC)C(=O)Nc1cc(Cl)c(NC(=O)C(F)(F)C(F)(F)F)c(NC(=O)C(F)(F)C(F)(F)F)c1O. The Labute approximate surface area is 291 Å². The Balaban J connectivity index is 2.66. The quantitative estimate of drug-likeness (QED) is 0.120. The van der Waals surface area contributed by atoms with E-state index in [-0.39, 0.29) is 17.6 Å². The van der Waals surface area contributed by atoms with Crippen LogP contribution < -0.4 is 20.7 Å².